The molecule has 1 saturated heterocycles. The monoisotopic (exact) mass is 442 g/mol. The van der Waals surface area contributed by atoms with E-state index < -0.39 is 29.3 Å². The lowest BCUT2D eigenvalue weighted by Crippen LogP contribution is -2.53. The summed E-state index contributed by atoms with van der Waals surface area (Å²) in [5.74, 6) is -0.569. The van der Waals surface area contributed by atoms with Crippen LogP contribution in [0.5, 0.6) is 0 Å². The predicted molar refractivity (Wildman–Crippen MR) is 114 cm³/mol. The van der Waals surface area contributed by atoms with Gasteiger partial charge in [0.05, 0.1) is 30.5 Å². The second kappa shape index (κ2) is 7.16. The number of halogens is 3. The molecule has 6 nitrogen and oxygen atoms in total. The van der Waals surface area contributed by atoms with Crippen LogP contribution < -0.4 is 10.2 Å². The third-order valence-corrected chi connectivity index (χ3v) is 6.48. The highest BCUT2D eigenvalue weighted by molar-refractivity contribution is 6.12. The minimum Gasteiger partial charge on any atom is -0.378 e. The molecule has 3 heterocycles. The first-order chi connectivity index (χ1) is 15.2. The molecule has 5 rings (SSSR count). The molecule has 0 aliphatic carbocycles. The van der Waals surface area contributed by atoms with Crippen LogP contribution in [0.3, 0.4) is 0 Å². The van der Waals surface area contributed by atoms with Gasteiger partial charge in [-0.3, -0.25) is 4.79 Å². The smallest absolute Gasteiger partial charge is 0.266 e. The summed E-state index contributed by atoms with van der Waals surface area (Å²) in [7, 11) is 1.72. The standard InChI is InChI=1S/C23H21F3N4O2/c1-11(13-5-4-6-14(19(13)24)20(25)26)27-21-16-8-18-17(7-15(16)12(2)28-29-21)23(9-32-10-23)22(31)30(18)3/h4-8,11,20H,9-10H2,1-3H3,(H,27,29)/t11-/m1/s1. The highest BCUT2D eigenvalue weighted by Crippen LogP contribution is 2.48. The van der Waals surface area contributed by atoms with Crippen molar-refractivity contribution >= 4 is 28.2 Å². The maximum absolute atomic E-state index is 14.6. The molecule has 0 unspecified atom stereocenters. The van der Waals surface area contributed by atoms with Crippen molar-refractivity contribution in [2.45, 2.75) is 31.7 Å². The van der Waals surface area contributed by atoms with Crippen LogP contribution in [0, 0.1) is 12.7 Å². The number of carbonyl (C=O) groups excluding carboxylic acids is 1. The number of fused-ring (bicyclic) bond motifs is 3. The molecule has 166 valence electrons. The minimum atomic E-state index is -2.90. The topological polar surface area (TPSA) is 67.4 Å². The minimum absolute atomic E-state index is 0.0126. The first-order valence-corrected chi connectivity index (χ1v) is 10.2. The summed E-state index contributed by atoms with van der Waals surface area (Å²) >= 11 is 0. The van der Waals surface area contributed by atoms with Crippen molar-refractivity contribution in [3.8, 4) is 0 Å². The Hall–Kier alpha value is -3.20. The fourth-order valence-electron chi connectivity index (χ4n) is 4.57. The number of aromatic nitrogens is 2. The van der Waals surface area contributed by atoms with Gasteiger partial charge in [0.2, 0.25) is 5.91 Å². The number of nitrogens with one attached hydrogen (secondary N) is 1. The number of ether oxygens (including phenoxy) is 1. The number of benzene rings is 2. The van der Waals surface area contributed by atoms with E-state index in [1.165, 1.54) is 12.1 Å². The average Bonchev–Trinajstić information content (AvgIpc) is 2.95. The molecule has 1 aromatic heterocycles. The number of amides is 1. The summed E-state index contributed by atoms with van der Waals surface area (Å²) in [6.07, 6.45) is -2.90. The van der Waals surface area contributed by atoms with Crippen LogP contribution in [0.4, 0.5) is 24.7 Å². The van der Waals surface area contributed by atoms with Gasteiger partial charge in [-0.25, -0.2) is 13.2 Å². The molecule has 0 saturated carbocycles. The lowest BCUT2D eigenvalue weighted by molar-refractivity contribution is -0.140. The summed E-state index contributed by atoms with van der Waals surface area (Å²) in [6.45, 7) is 4.18. The Labute approximate surface area is 182 Å². The van der Waals surface area contributed by atoms with Crippen LogP contribution in [0.1, 0.15) is 41.8 Å². The van der Waals surface area contributed by atoms with Crippen molar-refractivity contribution in [2.75, 3.05) is 30.5 Å². The third kappa shape index (κ3) is 2.80. The Morgan fingerprint density at radius 2 is 1.88 bits per heavy atom. The van der Waals surface area contributed by atoms with E-state index in [0.29, 0.717) is 30.1 Å². The maximum atomic E-state index is 14.6. The van der Waals surface area contributed by atoms with E-state index in [1.54, 1.807) is 18.9 Å². The van der Waals surface area contributed by atoms with E-state index in [4.69, 9.17) is 4.74 Å². The van der Waals surface area contributed by atoms with Crippen molar-refractivity contribution in [2.24, 2.45) is 0 Å². The van der Waals surface area contributed by atoms with Gasteiger partial charge in [-0.15, -0.1) is 5.10 Å². The maximum Gasteiger partial charge on any atom is 0.266 e. The van der Waals surface area contributed by atoms with Crippen molar-refractivity contribution in [3.63, 3.8) is 0 Å². The SMILES string of the molecule is Cc1nnc(N[C@H](C)c2cccc(C(F)F)c2F)c2cc3c(cc12)C1(COC1)C(=O)N3C. The molecule has 2 aliphatic heterocycles. The Morgan fingerprint density at radius 1 is 1.16 bits per heavy atom. The molecule has 1 amide bonds. The lowest BCUT2D eigenvalue weighted by Gasteiger charge is -2.36. The summed E-state index contributed by atoms with van der Waals surface area (Å²) in [4.78, 5) is 14.5. The fraction of sp³-hybridized carbons (Fsp3) is 0.348. The van der Waals surface area contributed by atoms with Gasteiger partial charge in [0.25, 0.3) is 6.43 Å². The molecular formula is C23H21F3N4O2. The lowest BCUT2D eigenvalue weighted by atomic mass is 9.79. The molecule has 0 bridgehead atoms. The number of alkyl halides is 2. The van der Waals surface area contributed by atoms with Gasteiger partial charge in [0, 0.05) is 29.1 Å². The zero-order valence-corrected chi connectivity index (χ0v) is 17.7. The van der Waals surface area contributed by atoms with E-state index in [9.17, 15) is 18.0 Å². The normalized spacial score (nSPS) is 17.7. The molecule has 1 spiro atoms. The second-order valence-corrected chi connectivity index (χ2v) is 8.41. The Kier molecular flexibility index (Phi) is 4.63. The molecule has 3 aromatic rings. The van der Waals surface area contributed by atoms with Gasteiger partial charge in [0.1, 0.15) is 11.2 Å². The number of rotatable bonds is 4. The number of hydrogen-bond donors (Lipinski definition) is 1. The molecule has 0 radical (unpaired) electrons. The van der Waals surface area contributed by atoms with Crippen LogP contribution in [-0.4, -0.2) is 36.4 Å². The van der Waals surface area contributed by atoms with Crippen LogP contribution in [0.15, 0.2) is 30.3 Å². The average molecular weight is 442 g/mol. The zero-order chi connectivity index (χ0) is 22.8. The largest absolute Gasteiger partial charge is 0.378 e. The van der Waals surface area contributed by atoms with Gasteiger partial charge in [-0.05, 0) is 31.5 Å². The van der Waals surface area contributed by atoms with E-state index in [-0.39, 0.29) is 11.5 Å². The van der Waals surface area contributed by atoms with Crippen molar-refractivity contribution in [3.05, 3.63) is 58.5 Å². The van der Waals surface area contributed by atoms with Crippen LogP contribution in [-0.2, 0) is 14.9 Å². The molecule has 1 atom stereocenters. The highest BCUT2D eigenvalue weighted by Gasteiger charge is 2.55. The molecule has 2 aromatic carbocycles. The van der Waals surface area contributed by atoms with Gasteiger partial charge in [0.15, 0.2) is 5.82 Å². The molecule has 2 aliphatic rings. The summed E-state index contributed by atoms with van der Waals surface area (Å²) in [6, 6.07) is 7.13. The fourth-order valence-corrected chi connectivity index (χ4v) is 4.57. The van der Waals surface area contributed by atoms with Crippen LogP contribution in [0.25, 0.3) is 10.8 Å². The number of anilines is 2. The highest BCUT2D eigenvalue weighted by atomic mass is 19.3. The van der Waals surface area contributed by atoms with Gasteiger partial charge < -0.3 is 15.0 Å². The number of likely N-dealkylation sites (N-methyl/N-ethyl adjacent to an activating group) is 1. The Morgan fingerprint density at radius 3 is 2.53 bits per heavy atom. The Bertz CT molecular complexity index is 1260. The summed E-state index contributed by atoms with van der Waals surface area (Å²) in [5.41, 5.74) is 1.16. The number of carbonyl (C=O) groups is 1. The molecular weight excluding hydrogens is 421 g/mol. The van der Waals surface area contributed by atoms with E-state index in [0.717, 1.165) is 22.7 Å². The van der Waals surface area contributed by atoms with E-state index in [2.05, 4.69) is 15.5 Å². The first kappa shape index (κ1) is 20.7. The van der Waals surface area contributed by atoms with Crippen molar-refractivity contribution in [1.29, 1.82) is 0 Å². The van der Waals surface area contributed by atoms with E-state index in [1.807, 2.05) is 19.1 Å². The molecule has 1 fully saturated rings. The Balaban J connectivity index is 1.59. The molecule has 1 N–H and O–H groups in total. The summed E-state index contributed by atoms with van der Waals surface area (Å²) < 4.78 is 46.3. The van der Waals surface area contributed by atoms with Crippen LogP contribution in [0.2, 0.25) is 0 Å². The second-order valence-electron chi connectivity index (χ2n) is 8.41. The first-order valence-electron chi connectivity index (χ1n) is 10.2. The van der Waals surface area contributed by atoms with Gasteiger partial charge in [-0.2, -0.15) is 5.10 Å². The number of aryl methyl sites for hydroxylation is 1. The number of hydrogen-bond acceptors (Lipinski definition) is 5. The van der Waals surface area contributed by atoms with Gasteiger partial charge in [-0.1, -0.05) is 18.2 Å². The van der Waals surface area contributed by atoms with Crippen molar-refractivity contribution in [1.82, 2.24) is 10.2 Å². The van der Waals surface area contributed by atoms with Crippen LogP contribution >= 0.6 is 0 Å². The summed E-state index contributed by atoms with van der Waals surface area (Å²) in [5, 5.41) is 13.1. The van der Waals surface area contributed by atoms with Gasteiger partial charge >= 0.3 is 0 Å². The third-order valence-electron chi connectivity index (χ3n) is 6.48. The van der Waals surface area contributed by atoms with E-state index >= 15 is 0 Å². The zero-order valence-electron chi connectivity index (χ0n) is 17.7. The predicted octanol–water partition coefficient (Wildman–Crippen LogP) is 4.43. The molecule has 32 heavy (non-hydrogen) atoms. The number of nitrogens with zero attached hydrogens (tertiary/aromatic N) is 3. The quantitative estimate of drug-likeness (QED) is 0.648. The van der Waals surface area contributed by atoms with Crippen molar-refractivity contribution < 1.29 is 22.7 Å². The molecule has 9 heteroatoms.